The number of nitrogens with zero attached hydrogens (tertiary/aromatic N) is 1. The number of hydrogen-bond acceptors (Lipinski definition) is 1. The molecule has 1 aliphatic rings. The molecule has 1 aliphatic heterocycles. The number of carbonyl (C=O) groups excluding carboxylic acids is 1. The topological polar surface area (TPSA) is 20.3 Å². The maximum Gasteiger partial charge on any atom is 0.254 e. The molecule has 1 saturated heterocycles. The summed E-state index contributed by atoms with van der Waals surface area (Å²) in [6.45, 7) is 1.57. The van der Waals surface area contributed by atoms with Crippen molar-refractivity contribution in [1.82, 2.24) is 4.90 Å². The second kappa shape index (κ2) is 7.26. The Labute approximate surface area is 144 Å². The molecule has 2 aromatic rings. The molecule has 4 heteroatoms. The molecule has 23 heavy (non-hydrogen) atoms. The van der Waals surface area contributed by atoms with E-state index < -0.39 is 0 Å². The minimum absolute atomic E-state index is 0.0951. The van der Waals surface area contributed by atoms with E-state index in [0.29, 0.717) is 5.92 Å². The fraction of sp³-hybridized carbons (Fsp3) is 0.316. The van der Waals surface area contributed by atoms with Gasteiger partial charge in [-0.15, -0.1) is 0 Å². The molecule has 0 radical (unpaired) electrons. The summed E-state index contributed by atoms with van der Waals surface area (Å²) in [7, 11) is 0. The molecule has 1 heterocycles. The molecule has 120 valence electrons. The van der Waals surface area contributed by atoms with Gasteiger partial charge in [0.15, 0.2) is 0 Å². The third-order valence-corrected chi connectivity index (χ3v) is 5.14. The highest BCUT2D eigenvalue weighted by molar-refractivity contribution is 9.10. The Bertz CT molecular complexity index is 678. The molecule has 0 aliphatic carbocycles. The molecule has 2 nitrogen and oxygen atoms in total. The second-order valence-corrected chi connectivity index (χ2v) is 6.90. The number of likely N-dealkylation sites (tertiary alicyclic amines) is 1. The summed E-state index contributed by atoms with van der Waals surface area (Å²) in [4.78, 5) is 14.5. The molecule has 0 N–H and O–H groups in total. The van der Waals surface area contributed by atoms with Gasteiger partial charge in [0.25, 0.3) is 5.91 Å². The van der Waals surface area contributed by atoms with Gasteiger partial charge in [-0.1, -0.05) is 24.3 Å². The standard InChI is InChI=1S/C19H19BrFNO/c20-18-4-2-1-3-17(18)19(23)22-11-9-15(10-12-22)13-14-5-7-16(21)8-6-14/h1-8,15H,9-13H2. The lowest BCUT2D eigenvalue weighted by molar-refractivity contribution is 0.0689. The van der Waals surface area contributed by atoms with E-state index in [9.17, 15) is 9.18 Å². The summed E-state index contributed by atoms with van der Waals surface area (Å²) in [5, 5.41) is 0. The first-order valence-corrected chi connectivity index (χ1v) is 8.71. The zero-order chi connectivity index (χ0) is 16.2. The smallest absolute Gasteiger partial charge is 0.254 e. The summed E-state index contributed by atoms with van der Waals surface area (Å²) >= 11 is 3.45. The number of piperidine rings is 1. The van der Waals surface area contributed by atoms with Crippen LogP contribution in [0.2, 0.25) is 0 Å². The Morgan fingerprint density at radius 2 is 1.74 bits per heavy atom. The molecule has 0 unspecified atom stereocenters. The zero-order valence-electron chi connectivity index (χ0n) is 12.8. The average molecular weight is 376 g/mol. The van der Waals surface area contributed by atoms with Gasteiger partial charge in [0.1, 0.15) is 5.82 Å². The van der Waals surface area contributed by atoms with E-state index in [1.165, 1.54) is 17.7 Å². The van der Waals surface area contributed by atoms with Crippen molar-refractivity contribution in [3.8, 4) is 0 Å². The van der Waals surface area contributed by atoms with Crippen molar-refractivity contribution < 1.29 is 9.18 Å². The average Bonchev–Trinajstić information content (AvgIpc) is 2.57. The number of amides is 1. The van der Waals surface area contributed by atoms with E-state index >= 15 is 0 Å². The lowest BCUT2D eigenvalue weighted by atomic mass is 9.90. The summed E-state index contributed by atoms with van der Waals surface area (Å²) in [5.41, 5.74) is 1.89. The molecule has 0 spiro atoms. The van der Waals surface area contributed by atoms with Gasteiger partial charge < -0.3 is 4.90 Å². The summed E-state index contributed by atoms with van der Waals surface area (Å²) in [6, 6.07) is 14.3. The van der Waals surface area contributed by atoms with E-state index in [1.54, 1.807) is 0 Å². The van der Waals surface area contributed by atoms with Crippen LogP contribution in [0.5, 0.6) is 0 Å². The molecule has 3 rings (SSSR count). The van der Waals surface area contributed by atoms with Gasteiger partial charge in [-0.25, -0.2) is 4.39 Å². The minimum Gasteiger partial charge on any atom is -0.339 e. The van der Waals surface area contributed by atoms with Gasteiger partial charge >= 0.3 is 0 Å². The van der Waals surface area contributed by atoms with Crippen LogP contribution in [0.15, 0.2) is 53.0 Å². The molecule has 1 amide bonds. The lowest BCUT2D eigenvalue weighted by Crippen LogP contribution is -2.39. The van der Waals surface area contributed by atoms with Crippen molar-refractivity contribution in [3.63, 3.8) is 0 Å². The molecular formula is C19H19BrFNO. The van der Waals surface area contributed by atoms with Crippen molar-refractivity contribution >= 4 is 21.8 Å². The zero-order valence-corrected chi connectivity index (χ0v) is 14.4. The van der Waals surface area contributed by atoms with Crippen molar-refractivity contribution in [2.45, 2.75) is 19.3 Å². The Balaban J connectivity index is 1.57. The minimum atomic E-state index is -0.192. The van der Waals surface area contributed by atoms with Crippen molar-refractivity contribution in [2.24, 2.45) is 5.92 Å². The van der Waals surface area contributed by atoms with Crippen molar-refractivity contribution in [1.29, 1.82) is 0 Å². The van der Waals surface area contributed by atoms with Gasteiger partial charge in [-0.05, 0) is 70.9 Å². The second-order valence-electron chi connectivity index (χ2n) is 6.05. The monoisotopic (exact) mass is 375 g/mol. The molecule has 0 atom stereocenters. The Morgan fingerprint density at radius 1 is 1.09 bits per heavy atom. The number of halogens is 2. The third kappa shape index (κ3) is 3.99. The largest absolute Gasteiger partial charge is 0.339 e. The van der Waals surface area contributed by atoms with E-state index in [1.807, 2.05) is 41.3 Å². The van der Waals surface area contributed by atoms with Crippen molar-refractivity contribution in [3.05, 3.63) is 69.9 Å². The quantitative estimate of drug-likeness (QED) is 0.762. The van der Waals surface area contributed by atoms with Crippen LogP contribution in [0.1, 0.15) is 28.8 Å². The fourth-order valence-electron chi connectivity index (χ4n) is 3.10. The van der Waals surface area contributed by atoms with E-state index in [4.69, 9.17) is 0 Å². The first-order chi connectivity index (χ1) is 11.1. The van der Waals surface area contributed by atoms with Crippen LogP contribution in [0.4, 0.5) is 4.39 Å². The van der Waals surface area contributed by atoms with Crippen LogP contribution < -0.4 is 0 Å². The Morgan fingerprint density at radius 3 is 2.39 bits per heavy atom. The molecular weight excluding hydrogens is 357 g/mol. The SMILES string of the molecule is O=C(c1ccccc1Br)N1CCC(Cc2ccc(F)cc2)CC1. The normalized spacial score (nSPS) is 15.7. The highest BCUT2D eigenvalue weighted by Gasteiger charge is 2.24. The number of rotatable bonds is 3. The summed E-state index contributed by atoms with van der Waals surface area (Å²) < 4.78 is 13.8. The third-order valence-electron chi connectivity index (χ3n) is 4.44. The maximum absolute atomic E-state index is 13.0. The van der Waals surface area contributed by atoms with Crippen molar-refractivity contribution in [2.75, 3.05) is 13.1 Å². The fourth-order valence-corrected chi connectivity index (χ4v) is 3.55. The Hall–Kier alpha value is -1.68. The predicted octanol–water partition coefficient (Wildman–Crippen LogP) is 4.68. The summed E-state index contributed by atoms with van der Waals surface area (Å²) in [5.74, 6) is 0.462. The predicted molar refractivity (Wildman–Crippen MR) is 92.9 cm³/mol. The van der Waals surface area contributed by atoms with Crippen LogP contribution in [0.3, 0.4) is 0 Å². The number of hydrogen-bond donors (Lipinski definition) is 0. The molecule has 2 aromatic carbocycles. The van der Waals surface area contributed by atoms with Crippen LogP contribution in [0, 0.1) is 11.7 Å². The molecule has 0 bridgehead atoms. The van der Waals surface area contributed by atoms with E-state index in [-0.39, 0.29) is 11.7 Å². The van der Waals surface area contributed by atoms with Gasteiger partial charge in [-0.2, -0.15) is 0 Å². The van der Waals surface area contributed by atoms with Crippen LogP contribution in [-0.4, -0.2) is 23.9 Å². The number of carbonyl (C=O) groups is 1. The highest BCUT2D eigenvalue weighted by Crippen LogP contribution is 2.25. The number of benzene rings is 2. The van der Waals surface area contributed by atoms with Crippen LogP contribution in [-0.2, 0) is 6.42 Å². The summed E-state index contributed by atoms with van der Waals surface area (Å²) in [6.07, 6.45) is 2.94. The van der Waals surface area contributed by atoms with Gasteiger partial charge in [-0.3, -0.25) is 4.79 Å². The molecule has 0 aromatic heterocycles. The maximum atomic E-state index is 13.0. The van der Waals surface area contributed by atoms with E-state index in [0.717, 1.165) is 42.4 Å². The van der Waals surface area contributed by atoms with Gasteiger partial charge in [0.2, 0.25) is 0 Å². The molecule has 0 saturated carbocycles. The van der Waals surface area contributed by atoms with Crippen LogP contribution in [0.25, 0.3) is 0 Å². The Kier molecular flexibility index (Phi) is 5.11. The first-order valence-electron chi connectivity index (χ1n) is 7.92. The van der Waals surface area contributed by atoms with E-state index in [2.05, 4.69) is 15.9 Å². The van der Waals surface area contributed by atoms with Gasteiger partial charge in [0.05, 0.1) is 5.56 Å². The van der Waals surface area contributed by atoms with Gasteiger partial charge in [0, 0.05) is 17.6 Å². The molecule has 1 fully saturated rings. The first kappa shape index (κ1) is 16.2. The van der Waals surface area contributed by atoms with Crippen LogP contribution >= 0.6 is 15.9 Å². The highest BCUT2D eigenvalue weighted by atomic mass is 79.9. The lowest BCUT2D eigenvalue weighted by Gasteiger charge is -2.32.